The van der Waals surface area contributed by atoms with E-state index in [0.717, 1.165) is 106 Å². The zero-order valence-electron chi connectivity index (χ0n) is 30.1. The van der Waals surface area contributed by atoms with Crippen molar-refractivity contribution >= 4 is 21.9 Å². The van der Waals surface area contributed by atoms with E-state index >= 15 is 0 Å². The minimum absolute atomic E-state index is 0.643. The second-order valence-electron chi connectivity index (χ2n) is 14.0. The predicted molar refractivity (Wildman–Crippen MR) is 225 cm³/mol. The van der Waals surface area contributed by atoms with E-state index in [4.69, 9.17) is 19.1 Å². The molecular weight excluding hydrogens is 687 g/mol. The number of nitrogens with zero attached hydrogens (tertiary/aromatic N) is 3. The number of rotatable bonds is 3. The molecule has 0 atom stereocenters. The van der Waals surface area contributed by atoms with Gasteiger partial charge >= 0.3 is 0 Å². The van der Waals surface area contributed by atoms with Crippen LogP contribution in [0.5, 0.6) is 11.5 Å². The Bertz CT molecular complexity index is 3060. The summed E-state index contributed by atoms with van der Waals surface area (Å²) in [6.07, 6.45) is 3.62. The van der Waals surface area contributed by atoms with Crippen LogP contribution in [0.4, 0.5) is 0 Å². The average molecular weight is 718 g/mol. The van der Waals surface area contributed by atoms with Crippen LogP contribution in [0, 0.1) is 0 Å². The summed E-state index contributed by atoms with van der Waals surface area (Å²) in [5.74, 6) is 2.15. The van der Waals surface area contributed by atoms with Gasteiger partial charge in [-0.25, -0.2) is 9.97 Å². The molecule has 7 aromatic carbocycles. The van der Waals surface area contributed by atoms with Crippen molar-refractivity contribution in [3.05, 3.63) is 188 Å². The number of para-hydroxylation sites is 2. The molecule has 0 aliphatic carbocycles. The Hall–Kier alpha value is -7.63. The molecule has 10 aromatic rings. The van der Waals surface area contributed by atoms with Gasteiger partial charge in [0.1, 0.15) is 22.7 Å². The lowest BCUT2D eigenvalue weighted by atomic mass is 9.85. The maximum atomic E-state index is 7.14. The molecule has 0 fully saturated rings. The van der Waals surface area contributed by atoms with E-state index in [1.807, 2.05) is 72.9 Å². The Kier molecular flexibility index (Phi) is 7.42. The van der Waals surface area contributed by atoms with Crippen LogP contribution >= 0.6 is 0 Å². The summed E-state index contributed by atoms with van der Waals surface area (Å²) in [5, 5.41) is 2.04. The van der Waals surface area contributed by atoms with E-state index in [1.165, 1.54) is 0 Å². The Morgan fingerprint density at radius 1 is 0.357 bits per heavy atom. The van der Waals surface area contributed by atoms with E-state index in [0.29, 0.717) is 5.82 Å². The lowest BCUT2D eigenvalue weighted by molar-refractivity contribution is 0.487. The molecular formula is C51H31N3O2. The van der Waals surface area contributed by atoms with Crippen LogP contribution in [-0.4, -0.2) is 15.0 Å². The molecule has 11 rings (SSSR count). The van der Waals surface area contributed by atoms with Crippen LogP contribution in [0.3, 0.4) is 0 Å². The third kappa shape index (κ3) is 5.37. The van der Waals surface area contributed by atoms with Gasteiger partial charge in [-0.3, -0.25) is 4.98 Å². The molecule has 0 saturated carbocycles. The number of ether oxygens (including phenoxy) is 1. The highest BCUT2D eigenvalue weighted by Gasteiger charge is 2.24. The molecule has 0 saturated heterocycles. The first kappa shape index (κ1) is 31.9. The topological polar surface area (TPSA) is 61.0 Å². The molecule has 1 aliphatic rings. The highest BCUT2D eigenvalue weighted by Crippen LogP contribution is 2.50. The molecule has 5 heteroatoms. The monoisotopic (exact) mass is 717 g/mol. The normalized spacial score (nSPS) is 11.7. The van der Waals surface area contributed by atoms with E-state index in [1.54, 1.807) is 6.20 Å². The molecule has 0 N–H and O–H groups in total. The summed E-state index contributed by atoms with van der Waals surface area (Å²) in [7, 11) is 0. The number of fused-ring (bicyclic) bond motifs is 12. The smallest absolute Gasteiger partial charge is 0.160 e. The lowest BCUT2D eigenvalue weighted by Gasteiger charge is -2.18. The first-order chi connectivity index (χ1) is 27.7. The first-order valence-corrected chi connectivity index (χ1v) is 18.7. The van der Waals surface area contributed by atoms with Crippen LogP contribution in [-0.2, 0) is 0 Å². The minimum atomic E-state index is 0.643. The van der Waals surface area contributed by atoms with Crippen LogP contribution in [0.25, 0.3) is 100 Å². The van der Waals surface area contributed by atoms with Crippen LogP contribution in [0.1, 0.15) is 0 Å². The van der Waals surface area contributed by atoms with Gasteiger partial charge in [-0.1, -0.05) is 127 Å². The highest BCUT2D eigenvalue weighted by molar-refractivity contribution is 6.08. The number of pyridine rings is 1. The third-order valence-electron chi connectivity index (χ3n) is 10.6. The molecule has 1 aliphatic heterocycles. The van der Waals surface area contributed by atoms with Gasteiger partial charge in [-0.2, -0.15) is 0 Å². The van der Waals surface area contributed by atoms with Gasteiger partial charge in [0, 0.05) is 51.0 Å². The molecule has 0 bridgehead atoms. The molecule has 0 amide bonds. The molecule has 262 valence electrons. The fourth-order valence-corrected chi connectivity index (χ4v) is 7.98. The number of aromatic nitrogens is 3. The van der Waals surface area contributed by atoms with Crippen molar-refractivity contribution in [3.63, 3.8) is 0 Å². The van der Waals surface area contributed by atoms with Crippen molar-refractivity contribution in [1.29, 1.82) is 0 Å². The van der Waals surface area contributed by atoms with Gasteiger partial charge in [-0.15, -0.1) is 0 Å². The first-order valence-electron chi connectivity index (χ1n) is 18.7. The number of furan rings is 1. The van der Waals surface area contributed by atoms with Crippen LogP contribution < -0.4 is 4.74 Å². The van der Waals surface area contributed by atoms with Crippen LogP contribution in [0.2, 0.25) is 0 Å². The standard InChI is InChI=1S/C51H31N3O2/c1-2-13-32(14-3-1)51-53-45(30-46(54-51)34-15-12-26-52-31-34)33-24-25-39-37-18-5-4-16-35(37)36-17-6-7-19-38(36)40-20-8-10-22-47(40)55-50-28-43-41-21-9-11-23-48(41)56-49(43)29-44(50)42(39)27-33/h1-31H. The second-order valence-corrected chi connectivity index (χ2v) is 14.0. The van der Waals surface area contributed by atoms with Crippen molar-refractivity contribution in [1.82, 2.24) is 15.0 Å². The van der Waals surface area contributed by atoms with E-state index in [9.17, 15) is 0 Å². The van der Waals surface area contributed by atoms with E-state index < -0.39 is 0 Å². The summed E-state index contributed by atoms with van der Waals surface area (Å²) < 4.78 is 13.7. The van der Waals surface area contributed by atoms with Crippen LogP contribution in [0.15, 0.2) is 193 Å². The van der Waals surface area contributed by atoms with Crippen molar-refractivity contribution in [2.24, 2.45) is 0 Å². The average Bonchev–Trinajstić information content (AvgIpc) is 3.63. The summed E-state index contributed by atoms with van der Waals surface area (Å²) in [5.41, 5.74) is 14.5. The summed E-state index contributed by atoms with van der Waals surface area (Å²) >= 11 is 0. The van der Waals surface area contributed by atoms with Crippen molar-refractivity contribution in [3.8, 4) is 89.9 Å². The summed E-state index contributed by atoms with van der Waals surface area (Å²) in [4.78, 5) is 14.6. The Morgan fingerprint density at radius 3 is 1.73 bits per heavy atom. The largest absolute Gasteiger partial charge is 0.456 e. The zero-order chi connectivity index (χ0) is 37.0. The van der Waals surface area contributed by atoms with Gasteiger partial charge in [0.25, 0.3) is 0 Å². The molecule has 5 nitrogen and oxygen atoms in total. The number of hydrogen-bond acceptors (Lipinski definition) is 5. The molecule has 0 spiro atoms. The molecule has 0 unspecified atom stereocenters. The molecule has 4 heterocycles. The highest BCUT2D eigenvalue weighted by atomic mass is 16.5. The second kappa shape index (κ2) is 13.0. The summed E-state index contributed by atoms with van der Waals surface area (Å²) in [6.45, 7) is 0. The SMILES string of the molecule is c1ccc(-c2nc(-c3cccnc3)cc(-c3ccc4c(c3)-c3cc5oc6ccccc6c5cc3Oc3ccccc3-c3ccccc3-c3ccccc3-4)n2)cc1. The predicted octanol–water partition coefficient (Wildman–Crippen LogP) is 13.5. The molecule has 56 heavy (non-hydrogen) atoms. The minimum Gasteiger partial charge on any atom is -0.456 e. The summed E-state index contributed by atoms with van der Waals surface area (Å²) in [6, 6.07) is 60.8. The quantitative estimate of drug-likeness (QED) is 0.182. The van der Waals surface area contributed by atoms with Crippen molar-refractivity contribution in [2.45, 2.75) is 0 Å². The number of hydrogen-bond donors (Lipinski definition) is 0. The fourth-order valence-electron chi connectivity index (χ4n) is 7.98. The van der Waals surface area contributed by atoms with E-state index in [2.05, 4.69) is 114 Å². The number of benzene rings is 7. The molecule has 3 aromatic heterocycles. The van der Waals surface area contributed by atoms with Crippen molar-refractivity contribution < 1.29 is 9.15 Å². The Morgan fingerprint density at radius 2 is 0.982 bits per heavy atom. The lowest BCUT2D eigenvalue weighted by Crippen LogP contribution is -1.97. The maximum Gasteiger partial charge on any atom is 0.160 e. The molecule has 0 radical (unpaired) electrons. The zero-order valence-corrected chi connectivity index (χ0v) is 30.1. The fraction of sp³-hybridized carbons (Fsp3) is 0. The van der Waals surface area contributed by atoms with E-state index in [-0.39, 0.29) is 0 Å². The van der Waals surface area contributed by atoms with Gasteiger partial charge in [0.15, 0.2) is 5.82 Å². The van der Waals surface area contributed by atoms with Gasteiger partial charge in [-0.05, 0) is 81.9 Å². The third-order valence-corrected chi connectivity index (χ3v) is 10.6. The van der Waals surface area contributed by atoms with Gasteiger partial charge in [0.2, 0.25) is 0 Å². The van der Waals surface area contributed by atoms with Gasteiger partial charge < -0.3 is 9.15 Å². The van der Waals surface area contributed by atoms with Crippen molar-refractivity contribution in [2.75, 3.05) is 0 Å². The van der Waals surface area contributed by atoms with Gasteiger partial charge in [0.05, 0.1) is 11.4 Å². The Labute approximate surface area is 323 Å². The Balaban J connectivity index is 1.23. The maximum absolute atomic E-state index is 7.14.